The van der Waals surface area contributed by atoms with Gasteiger partial charge in [0.2, 0.25) is 11.8 Å². The summed E-state index contributed by atoms with van der Waals surface area (Å²) < 4.78 is 34.7. The highest BCUT2D eigenvalue weighted by atomic mass is 32.2. The van der Waals surface area contributed by atoms with Gasteiger partial charge >= 0.3 is 0 Å². The molecule has 0 aliphatic rings. The molecule has 1 N–H and O–H groups in total. The molecule has 3 rings (SSSR count). The van der Waals surface area contributed by atoms with Crippen LogP contribution in [0.3, 0.4) is 0 Å². The van der Waals surface area contributed by atoms with E-state index in [9.17, 15) is 18.0 Å². The van der Waals surface area contributed by atoms with Crippen molar-refractivity contribution in [2.24, 2.45) is 5.92 Å². The fourth-order valence-corrected chi connectivity index (χ4v) is 5.54. The first-order valence-corrected chi connectivity index (χ1v) is 14.9. The third kappa shape index (κ3) is 7.85. The van der Waals surface area contributed by atoms with E-state index in [0.29, 0.717) is 18.9 Å². The van der Waals surface area contributed by atoms with E-state index >= 15 is 0 Å². The first kappa shape index (κ1) is 30.7. The second kappa shape index (κ2) is 14.0. The molecular weight excluding hydrogens is 526 g/mol. The number of nitrogens with zero attached hydrogens (tertiary/aromatic N) is 2. The monoisotopic (exact) mass is 565 g/mol. The van der Waals surface area contributed by atoms with E-state index in [-0.39, 0.29) is 29.0 Å². The number of amides is 2. The second-order valence-corrected chi connectivity index (χ2v) is 11.9. The van der Waals surface area contributed by atoms with Crippen molar-refractivity contribution in [1.29, 1.82) is 0 Å². The number of hydrogen-bond acceptors (Lipinski definition) is 5. The maximum atomic E-state index is 14.0. The Balaban J connectivity index is 2.04. The lowest BCUT2D eigenvalue weighted by Crippen LogP contribution is -2.51. The molecule has 3 aromatic carbocycles. The molecule has 0 fully saturated rings. The number of nitrogens with one attached hydrogen (secondary N) is 1. The topological polar surface area (TPSA) is 96.0 Å². The molecule has 1 atom stereocenters. The third-order valence-corrected chi connectivity index (χ3v) is 8.14. The van der Waals surface area contributed by atoms with Crippen LogP contribution in [-0.2, 0) is 26.2 Å². The maximum Gasteiger partial charge on any atom is 0.264 e. The molecule has 0 radical (unpaired) electrons. The fourth-order valence-electron chi connectivity index (χ4n) is 4.10. The summed E-state index contributed by atoms with van der Waals surface area (Å²) >= 11 is 0. The van der Waals surface area contributed by atoms with Crippen molar-refractivity contribution in [2.45, 2.75) is 52.1 Å². The number of anilines is 1. The predicted octanol–water partition coefficient (Wildman–Crippen LogP) is 4.78. The van der Waals surface area contributed by atoms with Crippen LogP contribution in [0.1, 0.15) is 38.8 Å². The van der Waals surface area contributed by atoms with Crippen LogP contribution in [0, 0.1) is 12.8 Å². The zero-order chi connectivity index (χ0) is 29.3. The molecule has 8 nitrogen and oxygen atoms in total. The molecule has 214 valence electrons. The lowest BCUT2D eigenvalue weighted by Gasteiger charge is -2.32. The molecule has 0 bridgehead atoms. The minimum Gasteiger partial charge on any atom is -0.492 e. The summed E-state index contributed by atoms with van der Waals surface area (Å²) in [5.74, 6) is -0.246. The molecule has 2 amide bonds. The first-order valence-electron chi connectivity index (χ1n) is 13.5. The molecule has 0 aliphatic heterocycles. The van der Waals surface area contributed by atoms with Crippen molar-refractivity contribution in [3.63, 3.8) is 0 Å². The minimum absolute atomic E-state index is 0.0434. The van der Waals surface area contributed by atoms with Crippen molar-refractivity contribution < 1.29 is 22.7 Å². The van der Waals surface area contributed by atoms with Crippen molar-refractivity contribution in [1.82, 2.24) is 10.2 Å². The van der Waals surface area contributed by atoms with Crippen LogP contribution in [0.15, 0.2) is 83.8 Å². The summed E-state index contributed by atoms with van der Waals surface area (Å²) in [5, 5.41) is 2.89. The molecule has 9 heteroatoms. The van der Waals surface area contributed by atoms with Gasteiger partial charge in [-0.1, -0.05) is 74.0 Å². The van der Waals surface area contributed by atoms with E-state index in [1.165, 1.54) is 17.0 Å². The number of ether oxygens (including phenoxy) is 1. The van der Waals surface area contributed by atoms with Crippen LogP contribution < -0.4 is 14.4 Å². The molecule has 0 aromatic heterocycles. The summed E-state index contributed by atoms with van der Waals surface area (Å²) in [7, 11) is -4.16. The Morgan fingerprint density at radius 2 is 1.52 bits per heavy atom. The average Bonchev–Trinajstić information content (AvgIpc) is 2.94. The smallest absolute Gasteiger partial charge is 0.264 e. The largest absolute Gasteiger partial charge is 0.492 e. The van der Waals surface area contributed by atoms with E-state index in [4.69, 9.17) is 4.74 Å². The number of carbonyl (C=O) groups is 2. The van der Waals surface area contributed by atoms with Crippen LogP contribution >= 0.6 is 0 Å². The Morgan fingerprint density at radius 3 is 2.15 bits per heavy atom. The van der Waals surface area contributed by atoms with Gasteiger partial charge in [0.05, 0.1) is 17.2 Å². The fraction of sp³-hybridized carbons (Fsp3) is 0.355. The normalized spacial score (nSPS) is 12.1. The summed E-state index contributed by atoms with van der Waals surface area (Å²) in [5.41, 5.74) is 2.14. The van der Waals surface area contributed by atoms with Gasteiger partial charge in [-0.15, -0.1) is 0 Å². The molecule has 0 spiro atoms. The quantitative estimate of drug-likeness (QED) is 0.322. The average molecular weight is 566 g/mol. The molecule has 40 heavy (non-hydrogen) atoms. The van der Waals surface area contributed by atoms with Gasteiger partial charge in [0.25, 0.3) is 10.0 Å². The van der Waals surface area contributed by atoms with Crippen LogP contribution in [-0.4, -0.2) is 50.9 Å². The zero-order valence-corrected chi connectivity index (χ0v) is 24.6. The third-order valence-electron chi connectivity index (χ3n) is 6.37. The van der Waals surface area contributed by atoms with Crippen LogP contribution in [0.2, 0.25) is 0 Å². The van der Waals surface area contributed by atoms with Crippen LogP contribution in [0.4, 0.5) is 5.69 Å². The van der Waals surface area contributed by atoms with Gasteiger partial charge in [-0.25, -0.2) is 8.42 Å². The Morgan fingerprint density at radius 1 is 0.900 bits per heavy atom. The second-order valence-electron chi connectivity index (χ2n) is 10.0. The minimum atomic E-state index is -4.16. The highest BCUT2D eigenvalue weighted by molar-refractivity contribution is 7.92. The Hall–Kier alpha value is -3.85. The Bertz CT molecular complexity index is 1380. The zero-order valence-electron chi connectivity index (χ0n) is 23.8. The van der Waals surface area contributed by atoms with Gasteiger partial charge in [-0.05, 0) is 56.5 Å². The molecule has 0 saturated heterocycles. The SMILES string of the molecule is CCOc1ccccc1N(CC(=O)N(Cc1ccc(C)cc1)[C@H](C)C(=O)NCC(C)C)S(=O)(=O)c1ccccc1. The summed E-state index contributed by atoms with van der Waals surface area (Å²) in [6, 6.07) is 21.5. The molecular formula is C31H39N3O5S. The Labute approximate surface area is 238 Å². The number of sulfonamides is 1. The van der Waals surface area contributed by atoms with Crippen molar-refractivity contribution >= 4 is 27.5 Å². The number of carbonyl (C=O) groups excluding carboxylic acids is 2. The lowest BCUT2D eigenvalue weighted by molar-refractivity contribution is -0.139. The maximum absolute atomic E-state index is 14.0. The van der Waals surface area contributed by atoms with E-state index in [1.54, 1.807) is 56.3 Å². The van der Waals surface area contributed by atoms with Gasteiger partial charge in [-0.3, -0.25) is 13.9 Å². The standard InChI is InChI=1S/C31H39N3O5S/c1-6-39-29-15-11-10-14-28(29)34(40(37,38)27-12-8-7-9-13-27)22-30(35)33(21-26-18-16-24(4)17-19-26)25(5)31(36)32-20-23(2)3/h7-19,23,25H,6,20-22H2,1-5H3,(H,32,36)/t25-/m1/s1. The molecule has 0 unspecified atom stereocenters. The lowest BCUT2D eigenvalue weighted by atomic mass is 10.1. The van der Waals surface area contributed by atoms with Gasteiger partial charge in [-0.2, -0.15) is 0 Å². The van der Waals surface area contributed by atoms with Crippen LogP contribution in [0.5, 0.6) is 5.75 Å². The van der Waals surface area contributed by atoms with E-state index in [2.05, 4.69) is 5.32 Å². The van der Waals surface area contributed by atoms with Crippen molar-refractivity contribution in [3.05, 3.63) is 90.0 Å². The van der Waals surface area contributed by atoms with Crippen molar-refractivity contribution in [2.75, 3.05) is 24.0 Å². The molecule has 0 saturated carbocycles. The summed E-state index contributed by atoms with van der Waals surface area (Å²) in [6.07, 6.45) is 0. The Kier molecular flexibility index (Phi) is 10.7. The van der Waals surface area contributed by atoms with Gasteiger partial charge in [0.15, 0.2) is 0 Å². The van der Waals surface area contributed by atoms with E-state index in [1.807, 2.05) is 45.0 Å². The van der Waals surface area contributed by atoms with E-state index < -0.39 is 28.5 Å². The summed E-state index contributed by atoms with van der Waals surface area (Å²) in [4.78, 5) is 28.6. The summed E-state index contributed by atoms with van der Waals surface area (Å²) in [6.45, 7) is 9.81. The highest BCUT2D eigenvalue weighted by Crippen LogP contribution is 2.32. The number of aryl methyl sites for hydroxylation is 1. The van der Waals surface area contributed by atoms with Gasteiger partial charge < -0.3 is 15.0 Å². The molecule has 0 heterocycles. The highest BCUT2D eigenvalue weighted by Gasteiger charge is 2.33. The molecule has 0 aliphatic carbocycles. The van der Waals surface area contributed by atoms with Gasteiger partial charge in [0.1, 0.15) is 18.3 Å². The van der Waals surface area contributed by atoms with Crippen LogP contribution in [0.25, 0.3) is 0 Å². The molecule has 3 aromatic rings. The number of benzene rings is 3. The number of para-hydroxylation sites is 2. The number of hydrogen-bond donors (Lipinski definition) is 1. The van der Waals surface area contributed by atoms with Gasteiger partial charge in [0, 0.05) is 13.1 Å². The predicted molar refractivity (Wildman–Crippen MR) is 158 cm³/mol. The van der Waals surface area contributed by atoms with Crippen molar-refractivity contribution in [3.8, 4) is 5.75 Å². The first-order chi connectivity index (χ1) is 19.0. The number of rotatable bonds is 13. The van der Waals surface area contributed by atoms with E-state index in [0.717, 1.165) is 15.4 Å².